The summed E-state index contributed by atoms with van der Waals surface area (Å²) in [6.07, 6.45) is 8.59. The Hall–Kier alpha value is -1.04. The van der Waals surface area contributed by atoms with Gasteiger partial charge in [0.1, 0.15) is 0 Å². The summed E-state index contributed by atoms with van der Waals surface area (Å²) in [5, 5.41) is 20.8. The number of nitrogens with zero attached hydrogens (tertiary/aromatic N) is 1. The van der Waals surface area contributed by atoms with Crippen LogP contribution >= 0.6 is 0 Å². The Morgan fingerprint density at radius 1 is 1.21 bits per heavy atom. The van der Waals surface area contributed by atoms with Crippen LogP contribution in [0.3, 0.4) is 0 Å². The summed E-state index contributed by atoms with van der Waals surface area (Å²) >= 11 is 0. The van der Waals surface area contributed by atoms with Crippen LogP contribution in [0.2, 0.25) is 0 Å². The molecule has 3 nitrogen and oxygen atoms in total. The van der Waals surface area contributed by atoms with Crippen molar-refractivity contribution in [3.63, 3.8) is 0 Å². The van der Waals surface area contributed by atoms with E-state index in [9.17, 15) is 19.0 Å². The van der Waals surface area contributed by atoms with Gasteiger partial charge in [0.2, 0.25) is 6.43 Å². The highest BCUT2D eigenvalue weighted by Gasteiger charge is 2.51. The van der Waals surface area contributed by atoms with E-state index in [2.05, 4.69) is 37.5 Å². The molecule has 3 aliphatic carbocycles. The number of halogens is 2. The van der Waals surface area contributed by atoms with Crippen LogP contribution in [0.15, 0.2) is 35.5 Å². The van der Waals surface area contributed by atoms with E-state index in [1.54, 1.807) is 0 Å². The van der Waals surface area contributed by atoms with Gasteiger partial charge in [-0.3, -0.25) is 0 Å². The normalized spacial score (nSPS) is 42.6. The number of allylic oxidation sites excluding steroid dienone is 3. The summed E-state index contributed by atoms with van der Waals surface area (Å²) in [5.41, 5.74) is 3.54. The molecule has 1 saturated heterocycles. The van der Waals surface area contributed by atoms with Crippen molar-refractivity contribution in [1.82, 2.24) is 4.90 Å². The summed E-state index contributed by atoms with van der Waals surface area (Å²) < 4.78 is 25.6. The molecule has 34 heavy (non-hydrogen) atoms. The van der Waals surface area contributed by atoms with E-state index in [1.807, 2.05) is 6.92 Å². The Labute approximate surface area is 205 Å². The molecule has 4 rings (SSSR count). The molecular formula is C29H45F2NO2. The Bertz CT molecular complexity index is 808. The third-order valence-corrected chi connectivity index (χ3v) is 9.95. The third kappa shape index (κ3) is 5.22. The first-order valence-corrected chi connectivity index (χ1v) is 13.6. The number of fused-ring (bicyclic) bond motifs is 1. The number of hydrogen-bond acceptors (Lipinski definition) is 3. The maximum absolute atomic E-state index is 12.8. The first kappa shape index (κ1) is 26.0. The topological polar surface area (TPSA) is 43.7 Å². The van der Waals surface area contributed by atoms with Crippen LogP contribution in [0.4, 0.5) is 8.78 Å². The molecule has 4 fully saturated rings. The van der Waals surface area contributed by atoms with Crippen LogP contribution in [0.1, 0.15) is 72.1 Å². The second kappa shape index (κ2) is 10.5. The van der Waals surface area contributed by atoms with Gasteiger partial charge in [0.15, 0.2) is 0 Å². The van der Waals surface area contributed by atoms with Gasteiger partial charge in [-0.1, -0.05) is 45.1 Å². The summed E-state index contributed by atoms with van der Waals surface area (Å²) in [6, 6.07) is 0. The molecule has 3 unspecified atom stereocenters. The van der Waals surface area contributed by atoms with Gasteiger partial charge in [0.05, 0.1) is 12.2 Å². The van der Waals surface area contributed by atoms with Gasteiger partial charge in [-0.25, -0.2) is 8.78 Å². The maximum Gasteiger partial charge on any atom is 0.238 e. The maximum atomic E-state index is 12.8. The van der Waals surface area contributed by atoms with Gasteiger partial charge in [-0.15, -0.1) is 0 Å². The van der Waals surface area contributed by atoms with E-state index in [0.717, 1.165) is 43.6 Å². The van der Waals surface area contributed by atoms with Crippen molar-refractivity contribution in [1.29, 1.82) is 0 Å². The molecule has 0 radical (unpaired) electrons. The van der Waals surface area contributed by atoms with E-state index in [-0.39, 0.29) is 18.3 Å². The van der Waals surface area contributed by atoms with Crippen LogP contribution in [0, 0.1) is 35.0 Å². The fraction of sp³-hybridized carbons (Fsp3) is 0.793. The van der Waals surface area contributed by atoms with Crippen LogP contribution in [0.5, 0.6) is 0 Å². The van der Waals surface area contributed by atoms with Gasteiger partial charge in [0, 0.05) is 25.4 Å². The molecule has 0 bridgehead atoms. The molecule has 1 aliphatic heterocycles. The number of alkyl halides is 2. The fourth-order valence-electron chi connectivity index (χ4n) is 7.91. The van der Waals surface area contributed by atoms with Gasteiger partial charge in [0.25, 0.3) is 0 Å². The van der Waals surface area contributed by atoms with Crippen molar-refractivity contribution in [3.05, 3.63) is 35.5 Å². The minimum atomic E-state index is -2.18. The summed E-state index contributed by atoms with van der Waals surface area (Å²) in [4.78, 5) is 2.44. The quantitative estimate of drug-likeness (QED) is 0.494. The lowest BCUT2D eigenvalue weighted by Crippen LogP contribution is -2.39. The molecular weight excluding hydrogens is 432 g/mol. The number of hydrogen-bond donors (Lipinski definition) is 2. The number of aliphatic hydroxyl groups is 2. The third-order valence-electron chi connectivity index (χ3n) is 9.95. The molecule has 4 aliphatic rings. The highest BCUT2D eigenvalue weighted by atomic mass is 19.3. The zero-order chi connectivity index (χ0) is 24.6. The van der Waals surface area contributed by atoms with E-state index < -0.39 is 18.6 Å². The largest absolute Gasteiger partial charge is 0.392 e. The number of aliphatic hydroxyl groups excluding tert-OH is 2. The number of likely N-dealkylation sites (tertiary alicyclic amines) is 1. The Morgan fingerprint density at radius 3 is 2.71 bits per heavy atom. The van der Waals surface area contributed by atoms with Crippen LogP contribution in [0.25, 0.3) is 0 Å². The molecule has 5 heteroatoms. The van der Waals surface area contributed by atoms with Crippen molar-refractivity contribution < 1.29 is 19.0 Å². The van der Waals surface area contributed by atoms with E-state index in [0.29, 0.717) is 29.6 Å². The molecule has 0 amide bonds. The van der Waals surface area contributed by atoms with Crippen molar-refractivity contribution in [2.24, 2.45) is 35.0 Å². The van der Waals surface area contributed by atoms with Crippen molar-refractivity contribution in [3.8, 4) is 0 Å². The first-order valence-electron chi connectivity index (χ1n) is 13.6. The van der Waals surface area contributed by atoms with Crippen molar-refractivity contribution in [2.75, 3.05) is 19.6 Å². The molecule has 0 spiro atoms. The van der Waals surface area contributed by atoms with E-state index >= 15 is 0 Å². The van der Waals surface area contributed by atoms with Crippen LogP contribution in [-0.4, -0.2) is 53.4 Å². The van der Waals surface area contributed by atoms with Crippen molar-refractivity contribution >= 4 is 0 Å². The Balaban J connectivity index is 1.42. The molecule has 1 heterocycles. The molecule has 0 aromatic carbocycles. The highest BCUT2D eigenvalue weighted by Crippen LogP contribution is 2.59. The second-order valence-electron chi connectivity index (χ2n) is 12.1. The molecule has 8 atom stereocenters. The Morgan fingerprint density at radius 2 is 1.97 bits per heavy atom. The molecule has 3 saturated carbocycles. The summed E-state index contributed by atoms with van der Waals surface area (Å²) in [6.45, 7) is 13.7. The zero-order valence-corrected chi connectivity index (χ0v) is 21.4. The average molecular weight is 478 g/mol. The first-order chi connectivity index (χ1) is 16.1. The Kier molecular flexibility index (Phi) is 8.06. The SMILES string of the molecule is C=C1/C(=C\C=C2/CCC[C@]3(C)[C@@H]([C@H](C)CN4CC[C@@H](CC(F)F)C4)CC[C@@H]23)CC(O)C(C)C1O. The van der Waals surface area contributed by atoms with Gasteiger partial charge < -0.3 is 15.1 Å². The molecule has 192 valence electrons. The predicted octanol–water partition coefficient (Wildman–Crippen LogP) is 5.99. The summed E-state index contributed by atoms with van der Waals surface area (Å²) in [7, 11) is 0. The van der Waals surface area contributed by atoms with Crippen LogP contribution < -0.4 is 0 Å². The average Bonchev–Trinajstić information content (AvgIpc) is 3.36. The number of rotatable bonds is 6. The van der Waals surface area contributed by atoms with Crippen molar-refractivity contribution in [2.45, 2.75) is 90.8 Å². The monoisotopic (exact) mass is 477 g/mol. The fourth-order valence-corrected chi connectivity index (χ4v) is 7.91. The lowest BCUT2D eigenvalue weighted by Gasteiger charge is -2.45. The highest BCUT2D eigenvalue weighted by molar-refractivity contribution is 5.39. The second-order valence-corrected chi connectivity index (χ2v) is 12.1. The molecule has 0 aromatic rings. The van der Waals surface area contributed by atoms with Gasteiger partial charge in [-0.2, -0.15) is 0 Å². The van der Waals surface area contributed by atoms with Crippen LogP contribution in [-0.2, 0) is 0 Å². The smallest absolute Gasteiger partial charge is 0.238 e. The molecule has 0 aromatic heterocycles. The lowest BCUT2D eigenvalue weighted by molar-refractivity contribution is 0.0283. The molecule has 2 N–H and O–H groups in total. The summed E-state index contributed by atoms with van der Waals surface area (Å²) in [5.74, 6) is 1.81. The van der Waals surface area contributed by atoms with Gasteiger partial charge in [-0.05, 0) is 91.7 Å². The zero-order valence-electron chi connectivity index (χ0n) is 21.4. The lowest BCUT2D eigenvalue weighted by atomic mass is 9.61. The van der Waals surface area contributed by atoms with E-state index in [4.69, 9.17) is 0 Å². The minimum absolute atomic E-state index is 0.0527. The minimum Gasteiger partial charge on any atom is -0.392 e. The van der Waals surface area contributed by atoms with Gasteiger partial charge >= 0.3 is 0 Å². The predicted molar refractivity (Wildman–Crippen MR) is 134 cm³/mol. The standard InChI is InChI=1S/C29H45F2NO2/c1-18(16-32-13-11-21(17-32)14-27(30)31)24-9-10-25-22(6-5-12-29(24,25)4)7-8-23-15-26(33)20(3)28(34)19(23)2/h7-8,18,20-21,24-28,33-34H,2,5-6,9-17H2,1,3-4H3/b22-7+,23-8-/t18-,20?,21+,24-,25+,26?,28?,29-/m1/s1. The van der Waals surface area contributed by atoms with E-state index in [1.165, 1.54) is 31.3 Å².